The molecule has 0 bridgehead atoms. The molecular weight excluding hydrogens is 240 g/mol. The summed E-state index contributed by atoms with van der Waals surface area (Å²) in [7, 11) is 1.60. The fourth-order valence-electron chi connectivity index (χ4n) is 2.56. The first-order valence-electron chi connectivity index (χ1n) is 6.92. The van der Waals surface area contributed by atoms with Crippen LogP contribution in [-0.4, -0.2) is 24.4 Å². The van der Waals surface area contributed by atoms with Crippen molar-refractivity contribution in [2.75, 3.05) is 24.7 Å². The van der Waals surface area contributed by atoms with E-state index in [1.165, 1.54) is 0 Å². The fourth-order valence-corrected chi connectivity index (χ4v) is 2.56. The number of rotatable bonds is 4. The summed E-state index contributed by atoms with van der Waals surface area (Å²) >= 11 is 0. The number of hydrogen-bond donors (Lipinski definition) is 3. The molecule has 19 heavy (non-hydrogen) atoms. The van der Waals surface area contributed by atoms with Crippen LogP contribution in [0.3, 0.4) is 0 Å². The third-order valence-corrected chi connectivity index (χ3v) is 4.06. The highest BCUT2D eigenvalue weighted by molar-refractivity contribution is 5.61. The Kier molecular flexibility index (Phi) is 4.20. The number of anilines is 2. The first kappa shape index (κ1) is 14.0. The molecule has 1 aromatic carbocycles. The van der Waals surface area contributed by atoms with Crippen molar-refractivity contribution in [2.24, 2.45) is 5.92 Å². The van der Waals surface area contributed by atoms with E-state index in [2.05, 4.69) is 12.2 Å². The molecule has 4 N–H and O–H groups in total. The molecule has 0 aromatic heterocycles. The minimum absolute atomic E-state index is 0.576. The van der Waals surface area contributed by atoms with Crippen molar-refractivity contribution in [2.45, 2.75) is 38.2 Å². The minimum Gasteiger partial charge on any atom is -0.495 e. The van der Waals surface area contributed by atoms with Gasteiger partial charge in [0.15, 0.2) is 0 Å². The van der Waals surface area contributed by atoms with Gasteiger partial charge in [0.05, 0.1) is 18.4 Å². The summed E-state index contributed by atoms with van der Waals surface area (Å²) in [4.78, 5) is 0. The maximum atomic E-state index is 10.5. The molecule has 4 heteroatoms. The Balaban J connectivity index is 1.95. The molecule has 0 heterocycles. The first-order chi connectivity index (χ1) is 9.02. The third-order valence-electron chi connectivity index (χ3n) is 4.06. The smallest absolute Gasteiger partial charge is 0.143 e. The highest BCUT2D eigenvalue weighted by atomic mass is 16.5. The van der Waals surface area contributed by atoms with Crippen LogP contribution < -0.4 is 15.8 Å². The lowest BCUT2D eigenvalue weighted by Crippen LogP contribution is -2.40. The summed E-state index contributed by atoms with van der Waals surface area (Å²) in [6.45, 7) is 2.82. The van der Waals surface area contributed by atoms with Gasteiger partial charge in [0.1, 0.15) is 5.75 Å². The van der Waals surface area contributed by atoms with Gasteiger partial charge in [-0.05, 0) is 43.7 Å². The number of methoxy groups -OCH3 is 1. The summed E-state index contributed by atoms with van der Waals surface area (Å²) in [6, 6.07) is 5.59. The lowest BCUT2D eigenvalue weighted by atomic mass is 9.79. The summed E-state index contributed by atoms with van der Waals surface area (Å²) < 4.78 is 5.19. The Morgan fingerprint density at radius 2 is 2.11 bits per heavy atom. The van der Waals surface area contributed by atoms with Crippen molar-refractivity contribution in [1.82, 2.24) is 0 Å². The number of aliphatic hydroxyl groups is 1. The monoisotopic (exact) mass is 264 g/mol. The van der Waals surface area contributed by atoms with Gasteiger partial charge in [-0.1, -0.05) is 6.92 Å². The highest BCUT2D eigenvalue weighted by Gasteiger charge is 2.31. The zero-order valence-electron chi connectivity index (χ0n) is 11.8. The Morgan fingerprint density at radius 1 is 1.42 bits per heavy atom. The van der Waals surface area contributed by atoms with E-state index in [-0.39, 0.29) is 0 Å². The van der Waals surface area contributed by atoms with Gasteiger partial charge in [-0.3, -0.25) is 0 Å². The lowest BCUT2D eigenvalue weighted by molar-refractivity contribution is 0.00501. The van der Waals surface area contributed by atoms with Crippen molar-refractivity contribution < 1.29 is 9.84 Å². The van der Waals surface area contributed by atoms with Gasteiger partial charge in [-0.15, -0.1) is 0 Å². The molecule has 0 atom stereocenters. The quantitative estimate of drug-likeness (QED) is 0.731. The van der Waals surface area contributed by atoms with E-state index in [1.807, 2.05) is 18.2 Å². The topological polar surface area (TPSA) is 67.5 Å². The molecule has 1 aromatic rings. The third kappa shape index (κ3) is 3.53. The SMILES string of the molecule is COc1cc(NCC2(O)CCC(C)CC2)ccc1N. The Labute approximate surface area is 115 Å². The van der Waals surface area contributed by atoms with E-state index in [1.54, 1.807) is 7.11 Å². The van der Waals surface area contributed by atoms with Crippen LogP contribution in [-0.2, 0) is 0 Å². The van der Waals surface area contributed by atoms with E-state index >= 15 is 0 Å². The van der Waals surface area contributed by atoms with Gasteiger partial charge in [0.2, 0.25) is 0 Å². The first-order valence-corrected chi connectivity index (χ1v) is 6.92. The van der Waals surface area contributed by atoms with Crippen LogP contribution in [0.1, 0.15) is 32.6 Å². The van der Waals surface area contributed by atoms with Gasteiger partial charge < -0.3 is 20.9 Å². The number of nitrogens with one attached hydrogen (secondary N) is 1. The predicted octanol–water partition coefficient (Wildman–Crippen LogP) is 2.63. The molecule has 0 saturated heterocycles. The molecular formula is C15H24N2O2. The number of hydrogen-bond acceptors (Lipinski definition) is 4. The van der Waals surface area contributed by atoms with E-state index in [4.69, 9.17) is 10.5 Å². The van der Waals surface area contributed by atoms with Crippen LogP contribution in [0.2, 0.25) is 0 Å². The van der Waals surface area contributed by atoms with E-state index in [0.717, 1.165) is 37.3 Å². The summed E-state index contributed by atoms with van der Waals surface area (Å²) in [6.07, 6.45) is 3.94. The zero-order chi connectivity index (χ0) is 13.9. The molecule has 1 fully saturated rings. The summed E-state index contributed by atoms with van der Waals surface area (Å²) in [5.41, 5.74) is 6.75. The van der Waals surface area contributed by atoms with Gasteiger partial charge in [-0.25, -0.2) is 0 Å². The zero-order valence-corrected chi connectivity index (χ0v) is 11.8. The molecule has 1 aliphatic rings. The second-order valence-electron chi connectivity index (χ2n) is 5.72. The van der Waals surface area contributed by atoms with Crippen molar-refractivity contribution in [3.63, 3.8) is 0 Å². The number of nitrogen functional groups attached to an aromatic ring is 1. The Bertz CT molecular complexity index is 426. The van der Waals surface area contributed by atoms with Gasteiger partial charge in [-0.2, -0.15) is 0 Å². The van der Waals surface area contributed by atoms with Crippen LogP contribution in [0.25, 0.3) is 0 Å². The summed E-state index contributed by atoms with van der Waals surface area (Å²) in [5, 5.41) is 13.8. The molecule has 1 saturated carbocycles. The maximum Gasteiger partial charge on any atom is 0.143 e. The van der Waals surface area contributed by atoms with Crippen molar-refractivity contribution in [3.8, 4) is 5.75 Å². The second kappa shape index (κ2) is 5.70. The Hall–Kier alpha value is -1.42. The van der Waals surface area contributed by atoms with E-state index in [0.29, 0.717) is 18.0 Å². The number of benzene rings is 1. The van der Waals surface area contributed by atoms with Crippen LogP contribution in [0.15, 0.2) is 18.2 Å². The van der Waals surface area contributed by atoms with Crippen molar-refractivity contribution in [3.05, 3.63) is 18.2 Å². The average molecular weight is 264 g/mol. The van der Waals surface area contributed by atoms with Gasteiger partial charge >= 0.3 is 0 Å². The molecule has 1 aliphatic carbocycles. The second-order valence-corrected chi connectivity index (χ2v) is 5.72. The fraction of sp³-hybridized carbons (Fsp3) is 0.600. The van der Waals surface area contributed by atoms with Crippen LogP contribution in [0.4, 0.5) is 11.4 Å². The van der Waals surface area contributed by atoms with Crippen LogP contribution in [0.5, 0.6) is 5.75 Å². The molecule has 0 unspecified atom stereocenters. The predicted molar refractivity (Wildman–Crippen MR) is 78.5 cm³/mol. The highest BCUT2D eigenvalue weighted by Crippen LogP contribution is 2.32. The van der Waals surface area contributed by atoms with Crippen molar-refractivity contribution >= 4 is 11.4 Å². The van der Waals surface area contributed by atoms with Crippen molar-refractivity contribution in [1.29, 1.82) is 0 Å². The lowest BCUT2D eigenvalue weighted by Gasteiger charge is -2.35. The molecule has 0 radical (unpaired) electrons. The average Bonchev–Trinajstić information content (AvgIpc) is 2.42. The van der Waals surface area contributed by atoms with Crippen LogP contribution >= 0.6 is 0 Å². The molecule has 2 rings (SSSR count). The number of nitrogens with two attached hydrogens (primary N) is 1. The maximum absolute atomic E-state index is 10.5. The standard InChI is InChI=1S/C15H24N2O2/c1-11-5-7-15(18,8-6-11)10-17-12-3-4-13(16)14(9-12)19-2/h3-4,9,11,17-18H,5-8,10,16H2,1-2H3. The van der Waals surface area contributed by atoms with Gasteiger partial charge in [0.25, 0.3) is 0 Å². The minimum atomic E-state index is -0.582. The Morgan fingerprint density at radius 3 is 2.74 bits per heavy atom. The van der Waals surface area contributed by atoms with E-state index in [9.17, 15) is 5.11 Å². The normalized spacial score (nSPS) is 27.0. The molecule has 106 valence electrons. The van der Waals surface area contributed by atoms with Crippen LogP contribution in [0, 0.1) is 5.92 Å². The number of ether oxygens (including phenoxy) is 1. The molecule has 4 nitrogen and oxygen atoms in total. The molecule has 0 aliphatic heterocycles. The van der Waals surface area contributed by atoms with E-state index < -0.39 is 5.60 Å². The molecule has 0 amide bonds. The molecule has 0 spiro atoms. The summed E-state index contributed by atoms with van der Waals surface area (Å²) in [5.74, 6) is 1.39. The van der Waals surface area contributed by atoms with Gasteiger partial charge in [0, 0.05) is 18.3 Å². The largest absolute Gasteiger partial charge is 0.495 e.